The standard InChI is InChI=1S/C11H22O4S/c1-9(2)5-14-11(15-6-10(3)4)7-16(12,13)8-11/h9-10H,5-8H2,1-4H3. The van der Waals surface area contributed by atoms with E-state index in [2.05, 4.69) is 0 Å². The van der Waals surface area contributed by atoms with E-state index >= 15 is 0 Å². The van der Waals surface area contributed by atoms with Crippen molar-refractivity contribution in [2.45, 2.75) is 33.5 Å². The highest BCUT2D eigenvalue weighted by Crippen LogP contribution is 2.30. The molecule has 0 atom stereocenters. The van der Waals surface area contributed by atoms with Crippen LogP contribution in [0.2, 0.25) is 0 Å². The summed E-state index contributed by atoms with van der Waals surface area (Å²) < 4.78 is 33.7. The van der Waals surface area contributed by atoms with E-state index in [-0.39, 0.29) is 11.5 Å². The van der Waals surface area contributed by atoms with Gasteiger partial charge in [-0.15, -0.1) is 0 Å². The molecule has 0 aromatic rings. The van der Waals surface area contributed by atoms with Crippen molar-refractivity contribution in [3.63, 3.8) is 0 Å². The van der Waals surface area contributed by atoms with Crippen LogP contribution in [0, 0.1) is 11.8 Å². The first-order valence-corrected chi connectivity index (χ1v) is 7.55. The molecule has 0 amide bonds. The second-order valence-corrected chi connectivity index (χ2v) is 7.42. The summed E-state index contributed by atoms with van der Waals surface area (Å²) >= 11 is 0. The van der Waals surface area contributed by atoms with Crippen LogP contribution < -0.4 is 0 Å². The topological polar surface area (TPSA) is 52.6 Å². The highest BCUT2D eigenvalue weighted by Gasteiger charge is 2.51. The van der Waals surface area contributed by atoms with Gasteiger partial charge < -0.3 is 9.47 Å². The van der Waals surface area contributed by atoms with E-state index in [1.165, 1.54) is 0 Å². The highest BCUT2D eigenvalue weighted by atomic mass is 32.2. The Bertz CT molecular complexity index is 293. The Morgan fingerprint density at radius 2 is 1.38 bits per heavy atom. The molecule has 1 rings (SSSR count). The van der Waals surface area contributed by atoms with Crippen molar-refractivity contribution < 1.29 is 17.9 Å². The Hall–Kier alpha value is -0.130. The number of hydrogen-bond acceptors (Lipinski definition) is 4. The number of ether oxygens (including phenoxy) is 2. The monoisotopic (exact) mass is 250 g/mol. The zero-order valence-electron chi connectivity index (χ0n) is 10.5. The third kappa shape index (κ3) is 4.03. The molecule has 0 radical (unpaired) electrons. The molecule has 0 aromatic carbocycles. The van der Waals surface area contributed by atoms with Crippen LogP contribution in [-0.4, -0.2) is 38.9 Å². The molecule has 0 unspecified atom stereocenters. The molecule has 1 aliphatic rings. The zero-order valence-corrected chi connectivity index (χ0v) is 11.3. The fourth-order valence-electron chi connectivity index (χ4n) is 1.47. The van der Waals surface area contributed by atoms with Crippen LogP contribution in [-0.2, 0) is 19.3 Å². The number of rotatable bonds is 6. The normalized spacial score (nSPS) is 22.4. The molecular formula is C11H22O4S. The predicted octanol–water partition coefficient (Wildman–Crippen LogP) is 1.46. The lowest BCUT2D eigenvalue weighted by atomic mass is 10.2. The fourth-order valence-corrected chi connectivity index (χ4v) is 3.06. The lowest BCUT2D eigenvalue weighted by Gasteiger charge is -2.41. The van der Waals surface area contributed by atoms with Gasteiger partial charge in [0, 0.05) is 0 Å². The average molecular weight is 250 g/mol. The molecule has 0 saturated carbocycles. The smallest absolute Gasteiger partial charge is 0.196 e. The summed E-state index contributed by atoms with van der Waals surface area (Å²) in [5.74, 6) is -0.114. The quantitative estimate of drug-likeness (QED) is 0.670. The van der Waals surface area contributed by atoms with E-state index in [0.29, 0.717) is 25.0 Å². The average Bonchev–Trinajstić information content (AvgIpc) is 2.08. The molecule has 0 aromatic heterocycles. The number of sulfone groups is 1. The molecule has 96 valence electrons. The lowest BCUT2D eigenvalue weighted by Crippen LogP contribution is -2.59. The first-order chi connectivity index (χ1) is 7.25. The van der Waals surface area contributed by atoms with Crippen LogP contribution in [0.4, 0.5) is 0 Å². The first kappa shape index (κ1) is 13.9. The summed E-state index contributed by atoms with van der Waals surface area (Å²) in [5, 5.41) is 0. The van der Waals surface area contributed by atoms with Gasteiger partial charge in [-0.3, -0.25) is 0 Å². The van der Waals surface area contributed by atoms with E-state index in [9.17, 15) is 8.42 Å². The minimum atomic E-state index is -2.93. The highest BCUT2D eigenvalue weighted by molar-refractivity contribution is 7.93. The van der Waals surface area contributed by atoms with Crippen molar-refractivity contribution in [2.75, 3.05) is 24.7 Å². The van der Waals surface area contributed by atoms with Gasteiger partial charge in [0.25, 0.3) is 0 Å². The predicted molar refractivity (Wildman–Crippen MR) is 63.0 cm³/mol. The zero-order chi connectivity index (χ0) is 12.4. The van der Waals surface area contributed by atoms with Crippen molar-refractivity contribution in [2.24, 2.45) is 11.8 Å². The van der Waals surface area contributed by atoms with Crippen molar-refractivity contribution in [3.8, 4) is 0 Å². The molecule has 0 aliphatic carbocycles. The van der Waals surface area contributed by atoms with Crippen LogP contribution in [0.15, 0.2) is 0 Å². The molecule has 1 aliphatic heterocycles. The molecule has 1 saturated heterocycles. The van der Waals surface area contributed by atoms with Gasteiger partial charge in [0.05, 0.1) is 13.2 Å². The Kier molecular flexibility index (Phi) is 4.37. The van der Waals surface area contributed by atoms with Gasteiger partial charge in [0.15, 0.2) is 15.6 Å². The molecule has 16 heavy (non-hydrogen) atoms. The summed E-state index contributed by atoms with van der Waals surface area (Å²) in [6, 6.07) is 0. The van der Waals surface area contributed by atoms with E-state index in [1.54, 1.807) is 0 Å². The van der Waals surface area contributed by atoms with Crippen molar-refractivity contribution >= 4 is 9.84 Å². The third-order valence-electron chi connectivity index (χ3n) is 2.24. The molecule has 0 N–H and O–H groups in total. The lowest BCUT2D eigenvalue weighted by molar-refractivity contribution is -0.225. The second kappa shape index (κ2) is 5.02. The Balaban J connectivity index is 2.51. The van der Waals surface area contributed by atoms with Crippen LogP contribution in [0.3, 0.4) is 0 Å². The van der Waals surface area contributed by atoms with Crippen molar-refractivity contribution in [1.29, 1.82) is 0 Å². The van der Waals surface area contributed by atoms with Crippen LogP contribution >= 0.6 is 0 Å². The molecule has 0 bridgehead atoms. The largest absolute Gasteiger partial charge is 0.348 e. The molecule has 0 spiro atoms. The van der Waals surface area contributed by atoms with Gasteiger partial charge in [0.2, 0.25) is 0 Å². The van der Waals surface area contributed by atoms with E-state index in [0.717, 1.165) is 0 Å². The van der Waals surface area contributed by atoms with Gasteiger partial charge in [0.1, 0.15) is 11.5 Å². The summed E-state index contributed by atoms with van der Waals surface area (Å²) in [6.45, 7) is 9.19. The van der Waals surface area contributed by atoms with Crippen molar-refractivity contribution in [1.82, 2.24) is 0 Å². The van der Waals surface area contributed by atoms with Gasteiger partial charge in [-0.2, -0.15) is 0 Å². The van der Waals surface area contributed by atoms with E-state index < -0.39 is 15.6 Å². The number of hydrogen-bond donors (Lipinski definition) is 0. The summed E-state index contributed by atoms with van der Waals surface area (Å²) in [4.78, 5) is 0. The molecular weight excluding hydrogens is 228 g/mol. The summed E-state index contributed by atoms with van der Waals surface area (Å²) in [6.07, 6.45) is 0. The molecule has 1 heterocycles. The van der Waals surface area contributed by atoms with Crippen LogP contribution in [0.25, 0.3) is 0 Å². The minimum absolute atomic E-state index is 0.000556. The van der Waals surface area contributed by atoms with Crippen molar-refractivity contribution in [3.05, 3.63) is 0 Å². The summed E-state index contributed by atoms with van der Waals surface area (Å²) in [7, 11) is -2.93. The minimum Gasteiger partial charge on any atom is -0.348 e. The maximum atomic E-state index is 11.2. The molecule has 5 heteroatoms. The Morgan fingerprint density at radius 3 is 1.62 bits per heavy atom. The Labute approximate surface area is 98.2 Å². The van der Waals surface area contributed by atoms with Gasteiger partial charge in [-0.1, -0.05) is 27.7 Å². The maximum absolute atomic E-state index is 11.2. The second-order valence-electron chi connectivity index (χ2n) is 5.35. The van der Waals surface area contributed by atoms with E-state index in [1.807, 2.05) is 27.7 Å². The summed E-state index contributed by atoms with van der Waals surface area (Å²) in [5.41, 5.74) is 0. The maximum Gasteiger partial charge on any atom is 0.196 e. The molecule has 1 fully saturated rings. The van der Waals surface area contributed by atoms with Crippen LogP contribution in [0.1, 0.15) is 27.7 Å². The van der Waals surface area contributed by atoms with Gasteiger partial charge in [-0.25, -0.2) is 8.42 Å². The Morgan fingerprint density at radius 1 is 1.00 bits per heavy atom. The van der Waals surface area contributed by atoms with E-state index in [4.69, 9.17) is 9.47 Å². The van der Waals surface area contributed by atoms with Crippen LogP contribution in [0.5, 0.6) is 0 Å². The van der Waals surface area contributed by atoms with Gasteiger partial charge >= 0.3 is 0 Å². The third-order valence-corrected chi connectivity index (χ3v) is 4.00. The van der Waals surface area contributed by atoms with Gasteiger partial charge in [-0.05, 0) is 11.8 Å². The molecule has 4 nitrogen and oxygen atoms in total. The first-order valence-electron chi connectivity index (χ1n) is 5.73. The SMILES string of the molecule is CC(C)COC1(OCC(C)C)CS(=O)(=O)C1. The fraction of sp³-hybridized carbons (Fsp3) is 1.00.